The summed E-state index contributed by atoms with van der Waals surface area (Å²) in [4.78, 5) is 28.2. The van der Waals surface area contributed by atoms with Crippen LogP contribution in [0.15, 0.2) is 54.6 Å². The molecule has 2 aromatic carbocycles. The summed E-state index contributed by atoms with van der Waals surface area (Å²) in [6.07, 6.45) is 1.94. The van der Waals surface area contributed by atoms with E-state index < -0.39 is 6.04 Å². The fourth-order valence-electron chi connectivity index (χ4n) is 3.83. The Balaban J connectivity index is 1.69. The molecule has 2 N–H and O–H groups in total. The molecule has 6 nitrogen and oxygen atoms in total. The van der Waals surface area contributed by atoms with Crippen molar-refractivity contribution in [3.8, 4) is 5.75 Å². The number of carbonyl (C=O) groups excluding carboxylic acids is 2. The number of amides is 2. The standard InChI is InChI=1S/C25H33N3O3/c1-18(2)26-17-19-13-15-28(16-14-19)25(30)23(20-7-5-4-6-8-20)27-24(29)21-9-11-22(31-3)12-10-21/h4-12,18-19,23,26H,13-17H2,1-3H3,(H,27,29)/t23-/m1/s1. The first kappa shape index (κ1) is 22.8. The maximum Gasteiger partial charge on any atom is 0.252 e. The zero-order valence-electron chi connectivity index (χ0n) is 18.6. The van der Waals surface area contributed by atoms with Crippen molar-refractivity contribution in [3.05, 3.63) is 65.7 Å². The van der Waals surface area contributed by atoms with Crippen LogP contribution in [0, 0.1) is 5.92 Å². The van der Waals surface area contributed by atoms with Crippen molar-refractivity contribution in [3.63, 3.8) is 0 Å². The molecule has 1 fully saturated rings. The maximum atomic E-state index is 13.4. The number of nitrogens with one attached hydrogen (secondary N) is 2. The number of hydrogen-bond donors (Lipinski definition) is 2. The first-order valence-electron chi connectivity index (χ1n) is 11.0. The van der Waals surface area contributed by atoms with Gasteiger partial charge < -0.3 is 20.3 Å². The lowest BCUT2D eigenvalue weighted by atomic mass is 9.95. The summed E-state index contributed by atoms with van der Waals surface area (Å²) in [6.45, 7) is 6.70. The highest BCUT2D eigenvalue weighted by Crippen LogP contribution is 2.23. The van der Waals surface area contributed by atoms with Gasteiger partial charge in [0.25, 0.3) is 5.91 Å². The summed E-state index contributed by atoms with van der Waals surface area (Å²) in [7, 11) is 1.58. The van der Waals surface area contributed by atoms with E-state index in [0.29, 0.717) is 36.4 Å². The van der Waals surface area contributed by atoms with Gasteiger partial charge in [-0.25, -0.2) is 0 Å². The van der Waals surface area contributed by atoms with Gasteiger partial charge in [0.15, 0.2) is 0 Å². The van der Waals surface area contributed by atoms with E-state index in [2.05, 4.69) is 24.5 Å². The Hall–Kier alpha value is -2.86. The fourth-order valence-corrected chi connectivity index (χ4v) is 3.83. The van der Waals surface area contributed by atoms with Gasteiger partial charge in [-0.1, -0.05) is 44.2 Å². The van der Waals surface area contributed by atoms with Crippen molar-refractivity contribution in [1.29, 1.82) is 0 Å². The van der Waals surface area contributed by atoms with Crippen LogP contribution in [0.4, 0.5) is 0 Å². The summed E-state index contributed by atoms with van der Waals surface area (Å²) < 4.78 is 5.16. The third-order valence-corrected chi connectivity index (χ3v) is 5.75. The monoisotopic (exact) mass is 423 g/mol. The van der Waals surface area contributed by atoms with E-state index in [1.54, 1.807) is 31.4 Å². The lowest BCUT2D eigenvalue weighted by molar-refractivity contribution is -0.134. The normalized spacial score (nSPS) is 15.5. The van der Waals surface area contributed by atoms with Crippen LogP contribution in [0.2, 0.25) is 0 Å². The third kappa shape index (κ3) is 6.31. The molecule has 2 amide bonds. The smallest absolute Gasteiger partial charge is 0.252 e. The van der Waals surface area contributed by atoms with Crippen molar-refractivity contribution >= 4 is 11.8 Å². The number of nitrogens with zero attached hydrogens (tertiary/aromatic N) is 1. The Kier molecular flexibility index (Phi) is 8.06. The van der Waals surface area contributed by atoms with Crippen LogP contribution < -0.4 is 15.4 Å². The first-order chi connectivity index (χ1) is 15.0. The van der Waals surface area contributed by atoms with Gasteiger partial charge in [-0.2, -0.15) is 0 Å². The Morgan fingerprint density at radius 2 is 1.68 bits per heavy atom. The average molecular weight is 424 g/mol. The van der Waals surface area contributed by atoms with Crippen LogP contribution in [0.1, 0.15) is 48.7 Å². The van der Waals surface area contributed by atoms with Crippen molar-refractivity contribution in [1.82, 2.24) is 15.5 Å². The molecule has 0 aromatic heterocycles. The third-order valence-electron chi connectivity index (χ3n) is 5.75. The molecule has 1 atom stereocenters. The molecule has 1 heterocycles. The molecule has 0 saturated carbocycles. The summed E-state index contributed by atoms with van der Waals surface area (Å²) in [5.41, 5.74) is 1.28. The second-order valence-corrected chi connectivity index (χ2v) is 8.38. The SMILES string of the molecule is COc1ccc(C(=O)N[C@@H](C(=O)N2CCC(CNC(C)C)CC2)c2ccccc2)cc1. The molecule has 0 unspecified atom stereocenters. The van der Waals surface area contributed by atoms with Gasteiger partial charge in [0.2, 0.25) is 5.91 Å². The maximum absolute atomic E-state index is 13.4. The Morgan fingerprint density at radius 1 is 1.03 bits per heavy atom. The molecule has 0 bridgehead atoms. The number of benzene rings is 2. The second kappa shape index (κ2) is 11.0. The highest BCUT2D eigenvalue weighted by molar-refractivity contribution is 5.98. The highest BCUT2D eigenvalue weighted by Gasteiger charge is 2.30. The Morgan fingerprint density at radius 3 is 2.26 bits per heavy atom. The topological polar surface area (TPSA) is 70.7 Å². The molecule has 2 aromatic rings. The molecule has 0 radical (unpaired) electrons. The first-order valence-corrected chi connectivity index (χ1v) is 11.0. The predicted octanol–water partition coefficient (Wildman–Crippen LogP) is 3.40. The molecule has 1 saturated heterocycles. The largest absolute Gasteiger partial charge is 0.497 e. The van der Waals surface area contributed by atoms with Crippen LogP contribution in [-0.4, -0.2) is 49.5 Å². The number of carbonyl (C=O) groups is 2. The lowest BCUT2D eigenvalue weighted by Crippen LogP contribution is -2.47. The van der Waals surface area contributed by atoms with Crippen molar-refractivity contribution in [2.24, 2.45) is 5.92 Å². The minimum atomic E-state index is -0.707. The molecular weight excluding hydrogens is 390 g/mol. The van der Waals surface area contributed by atoms with Gasteiger partial charge in [-0.15, -0.1) is 0 Å². The number of ether oxygens (including phenoxy) is 1. The van der Waals surface area contributed by atoms with Crippen LogP contribution in [0.5, 0.6) is 5.75 Å². The molecule has 0 aliphatic carbocycles. The molecular formula is C25H33N3O3. The molecule has 0 spiro atoms. The minimum absolute atomic E-state index is 0.0525. The van der Waals surface area contributed by atoms with Gasteiger partial charge >= 0.3 is 0 Å². The summed E-state index contributed by atoms with van der Waals surface area (Å²) in [5.74, 6) is 0.932. The highest BCUT2D eigenvalue weighted by atomic mass is 16.5. The molecule has 1 aliphatic rings. The average Bonchev–Trinajstić information content (AvgIpc) is 2.81. The number of rotatable bonds is 8. The van der Waals surface area contributed by atoms with Crippen LogP contribution in [0.3, 0.4) is 0 Å². The predicted molar refractivity (Wildman–Crippen MR) is 122 cm³/mol. The van der Waals surface area contributed by atoms with Crippen molar-refractivity contribution in [2.75, 3.05) is 26.7 Å². The molecule has 1 aliphatic heterocycles. The second-order valence-electron chi connectivity index (χ2n) is 8.38. The van der Waals surface area contributed by atoms with E-state index in [1.807, 2.05) is 35.2 Å². The molecule has 6 heteroatoms. The minimum Gasteiger partial charge on any atom is -0.497 e. The number of likely N-dealkylation sites (tertiary alicyclic amines) is 1. The van der Waals surface area contributed by atoms with Crippen LogP contribution in [-0.2, 0) is 4.79 Å². The zero-order valence-corrected chi connectivity index (χ0v) is 18.6. The zero-order chi connectivity index (χ0) is 22.2. The van der Waals surface area contributed by atoms with E-state index in [1.165, 1.54) is 0 Å². The van der Waals surface area contributed by atoms with E-state index >= 15 is 0 Å². The number of hydrogen-bond acceptors (Lipinski definition) is 4. The van der Waals surface area contributed by atoms with Crippen molar-refractivity contribution in [2.45, 2.75) is 38.8 Å². The summed E-state index contributed by atoms with van der Waals surface area (Å²) in [6, 6.07) is 16.1. The van der Waals surface area contributed by atoms with Gasteiger partial charge in [-0.3, -0.25) is 9.59 Å². The quantitative estimate of drug-likeness (QED) is 0.683. The summed E-state index contributed by atoms with van der Waals surface area (Å²) in [5, 5.41) is 6.44. The van der Waals surface area contributed by atoms with E-state index in [4.69, 9.17) is 4.74 Å². The van der Waals surface area contributed by atoms with Crippen LogP contribution in [0.25, 0.3) is 0 Å². The van der Waals surface area contributed by atoms with Gasteiger partial charge in [0, 0.05) is 24.7 Å². The van der Waals surface area contributed by atoms with Crippen LogP contribution >= 0.6 is 0 Å². The number of methoxy groups -OCH3 is 1. The van der Waals surface area contributed by atoms with Gasteiger partial charge in [0.05, 0.1) is 7.11 Å². The fraction of sp³-hybridized carbons (Fsp3) is 0.440. The molecule has 3 rings (SSSR count). The van der Waals surface area contributed by atoms with E-state index in [-0.39, 0.29) is 11.8 Å². The lowest BCUT2D eigenvalue weighted by Gasteiger charge is -2.35. The van der Waals surface area contributed by atoms with Gasteiger partial charge in [0.1, 0.15) is 11.8 Å². The number of piperidine rings is 1. The van der Waals surface area contributed by atoms with Gasteiger partial charge in [-0.05, 0) is 55.1 Å². The molecule has 31 heavy (non-hydrogen) atoms. The Labute approximate surface area is 185 Å². The molecule has 166 valence electrons. The van der Waals surface area contributed by atoms with E-state index in [0.717, 1.165) is 24.9 Å². The van der Waals surface area contributed by atoms with E-state index in [9.17, 15) is 9.59 Å². The van der Waals surface area contributed by atoms with Crippen molar-refractivity contribution < 1.29 is 14.3 Å². The summed E-state index contributed by atoms with van der Waals surface area (Å²) >= 11 is 0. The Bertz CT molecular complexity index is 844.